The molecular weight excluding hydrogens is 344 g/mol. The fourth-order valence-corrected chi connectivity index (χ4v) is 3.13. The third-order valence-electron chi connectivity index (χ3n) is 4.36. The summed E-state index contributed by atoms with van der Waals surface area (Å²) < 4.78 is 10.9. The predicted molar refractivity (Wildman–Crippen MR) is 104 cm³/mol. The maximum atomic E-state index is 12.3. The molecule has 0 spiro atoms. The second kappa shape index (κ2) is 7.86. The van der Waals surface area contributed by atoms with Gasteiger partial charge in [0.2, 0.25) is 0 Å². The minimum Gasteiger partial charge on any atom is -0.453 e. The number of carbonyl (C=O) groups is 2. The lowest BCUT2D eigenvalue weighted by atomic mass is 10.1. The van der Waals surface area contributed by atoms with Crippen LogP contribution in [0.3, 0.4) is 0 Å². The van der Waals surface area contributed by atoms with Crippen LogP contribution in [0.2, 0.25) is 0 Å². The molecule has 0 bridgehead atoms. The average molecular weight is 370 g/mol. The van der Waals surface area contributed by atoms with Crippen LogP contribution in [0, 0.1) is 0 Å². The van der Waals surface area contributed by atoms with Crippen molar-refractivity contribution in [2.24, 2.45) is 0 Å². The van der Waals surface area contributed by atoms with Gasteiger partial charge >= 0.3 is 6.09 Å². The van der Waals surface area contributed by atoms with Crippen molar-refractivity contribution < 1.29 is 18.7 Å². The van der Waals surface area contributed by atoms with Crippen LogP contribution in [0.15, 0.2) is 40.8 Å². The second-order valence-electron chi connectivity index (χ2n) is 7.81. The standard InChI is InChI=1S/C21H26N2O4/c1-21(2,3)27-20(25)23-12-4-5-17(13-23)22-16-8-6-15(7-9-16)19-11-10-18(14-24)26-19/h6-11,14,17,22H,4-5,12-13H2,1-3H3. The molecule has 3 rings (SSSR count). The second-order valence-corrected chi connectivity index (χ2v) is 7.81. The van der Waals surface area contributed by atoms with Crippen molar-refractivity contribution >= 4 is 18.1 Å². The van der Waals surface area contributed by atoms with Crippen molar-refractivity contribution in [3.63, 3.8) is 0 Å². The summed E-state index contributed by atoms with van der Waals surface area (Å²) in [6, 6.07) is 11.5. The minimum absolute atomic E-state index is 0.183. The van der Waals surface area contributed by atoms with Crippen molar-refractivity contribution in [2.75, 3.05) is 18.4 Å². The topological polar surface area (TPSA) is 71.8 Å². The molecule has 2 aromatic rings. The van der Waals surface area contributed by atoms with Crippen LogP contribution in [0.1, 0.15) is 44.2 Å². The van der Waals surface area contributed by atoms with Crippen molar-refractivity contribution in [1.29, 1.82) is 0 Å². The van der Waals surface area contributed by atoms with Gasteiger partial charge in [0.1, 0.15) is 11.4 Å². The number of rotatable bonds is 4. The zero-order valence-corrected chi connectivity index (χ0v) is 16.0. The van der Waals surface area contributed by atoms with Gasteiger partial charge in [0.05, 0.1) is 0 Å². The minimum atomic E-state index is -0.483. The highest BCUT2D eigenvalue weighted by molar-refractivity contribution is 5.73. The highest BCUT2D eigenvalue weighted by atomic mass is 16.6. The van der Waals surface area contributed by atoms with E-state index < -0.39 is 5.60 Å². The molecule has 27 heavy (non-hydrogen) atoms. The van der Waals surface area contributed by atoms with Gasteiger partial charge in [0.25, 0.3) is 0 Å². The van der Waals surface area contributed by atoms with Crippen LogP contribution < -0.4 is 5.32 Å². The summed E-state index contributed by atoms with van der Waals surface area (Å²) >= 11 is 0. The third-order valence-corrected chi connectivity index (χ3v) is 4.36. The van der Waals surface area contributed by atoms with Gasteiger partial charge in [-0.1, -0.05) is 0 Å². The SMILES string of the molecule is CC(C)(C)OC(=O)N1CCCC(Nc2ccc(-c3ccc(C=O)o3)cc2)C1. The van der Waals surface area contributed by atoms with E-state index in [-0.39, 0.29) is 12.1 Å². The Morgan fingerprint density at radius 2 is 1.96 bits per heavy atom. The molecular formula is C21H26N2O4. The molecule has 1 aliphatic heterocycles. The van der Waals surface area contributed by atoms with Gasteiger partial charge in [-0.15, -0.1) is 0 Å². The van der Waals surface area contributed by atoms with Crippen molar-refractivity contribution in [3.8, 4) is 11.3 Å². The molecule has 6 heteroatoms. The van der Waals surface area contributed by atoms with Crippen molar-refractivity contribution in [3.05, 3.63) is 42.2 Å². The number of hydrogen-bond donors (Lipinski definition) is 1. The molecule has 0 aliphatic carbocycles. The number of likely N-dealkylation sites (tertiary alicyclic amines) is 1. The zero-order valence-electron chi connectivity index (χ0n) is 16.0. The first-order chi connectivity index (χ1) is 12.8. The van der Waals surface area contributed by atoms with E-state index in [0.717, 1.165) is 30.6 Å². The Labute approximate surface area is 159 Å². The van der Waals surface area contributed by atoms with Crippen molar-refractivity contribution in [1.82, 2.24) is 4.90 Å². The Balaban J connectivity index is 1.59. The number of ether oxygens (including phenoxy) is 1. The lowest BCUT2D eigenvalue weighted by Gasteiger charge is -2.34. The number of aldehydes is 1. The monoisotopic (exact) mass is 370 g/mol. The van der Waals surface area contributed by atoms with E-state index in [0.29, 0.717) is 24.4 Å². The summed E-state index contributed by atoms with van der Waals surface area (Å²) in [7, 11) is 0. The number of nitrogens with zero attached hydrogens (tertiary/aromatic N) is 1. The molecule has 0 saturated carbocycles. The van der Waals surface area contributed by atoms with Crippen molar-refractivity contribution in [2.45, 2.75) is 45.3 Å². The lowest BCUT2D eigenvalue weighted by molar-refractivity contribution is 0.0206. The molecule has 1 unspecified atom stereocenters. The Morgan fingerprint density at radius 1 is 1.22 bits per heavy atom. The first-order valence-electron chi connectivity index (χ1n) is 9.24. The van der Waals surface area contributed by atoms with Gasteiger partial charge < -0.3 is 19.4 Å². The third kappa shape index (κ3) is 5.12. The van der Waals surface area contributed by atoms with E-state index in [1.807, 2.05) is 45.0 Å². The Morgan fingerprint density at radius 3 is 2.59 bits per heavy atom. The first-order valence-corrected chi connectivity index (χ1v) is 9.24. The van der Waals surface area contributed by atoms with Crippen LogP contribution in [-0.4, -0.2) is 42.0 Å². The normalized spacial score (nSPS) is 17.4. The van der Waals surface area contributed by atoms with E-state index in [4.69, 9.17) is 9.15 Å². The molecule has 1 aromatic carbocycles. The highest BCUT2D eigenvalue weighted by Gasteiger charge is 2.27. The quantitative estimate of drug-likeness (QED) is 0.798. The summed E-state index contributed by atoms with van der Waals surface area (Å²) in [4.78, 5) is 24.8. The maximum Gasteiger partial charge on any atom is 0.410 e. The molecule has 6 nitrogen and oxygen atoms in total. The summed E-state index contributed by atoms with van der Waals surface area (Å²) in [5, 5.41) is 3.49. The van der Waals surface area contributed by atoms with Gasteiger partial charge in [0, 0.05) is 30.4 Å². The predicted octanol–water partition coefficient (Wildman–Crippen LogP) is 4.57. The van der Waals surface area contributed by atoms with Gasteiger partial charge in [-0.2, -0.15) is 0 Å². The van der Waals surface area contributed by atoms with E-state index in [1.54, 1.807) is 17.0 Å². The highest BCUT2D eigenvalue weighted by Crippen LogP contribution is 2.24. The van der Waals surface area contributed by atoms with Crippen LogP contribution in [-0.2, 0) is 4.74 Å². The van der Waals surface area contributed by atoms with Crippen LogP contribution in [0.25, 0.3) is 11.3 Å². The molecule has 144 valence electrons. The summed E-state index contributed by atoms with van der Waals surface area (Å²) in [5.74, 6) is 0.981. The fourth-order valence-electron chi connectivity index (χ4n) is 3.13. The number of carbonyl (C=O) groups excluding carboxylic acids is 2. The smallest absolute Gasteiger partial charge is 0.410 e. The largest absolute Gasteiger partial charge is 0.453 e. The van der Waals surface area contributed by atoms with E-state index in [1.165, 1.54) is 0 Å². The number of hydrogen-bond acceptors (Lipinski definition) is 5. The Bertz CT molecular complexity index is 789. The molecule has 1 N–H and O–H groups in total. The number of furan rings is 1. The first kappa shape index (κ1) is 19.0. The fraction of sp³-hybridized carbons (Fsp3) is 0.429. The van der Waals surface area contributed by atoms with Gasteiger partial charge in [-0.3, -0.25) is 4.79 Å². The van der Waals surface area contributed by atoms with E-state index in [2.05, 4.69) is 5.32 Å². The van der Waals surface area contributed by atoms with Crippen LogP contribution >= 0.6 is 0 Å². The van der Waals surface area contributed by atoms with Crippen LogP contribution in [0.5, 0.6) is 0 Å². The Kier molecular flexibility index (Phi) is 5.54. The molecule has 1 amide bonds. The summed E-state index contributed by atoms with van der Waals surface area (Å²) in [6.07, 6.45) is 2.38. The summed E-state index contributed by atoms with van der Waals surface area (Å²) in [6.45, 7) is 6.98. The van der Waals surface area contributed by atoms with E-state index >= 15 is 0 Å². The molecule has 2 heterocycles. The zero-order chi connectivity index (χ0) is 19.4. The number of amides is 1. The number of anilines is 1. The van der Waals surface area contributed by atoms with Crippen LogP contribution in [0.4, 0.5) is 10.5 Å². The molecule has 1 fully saturated rings. The van der Waals surface area contributed by atoms with E-state index in [9.17, 15) is 9.59 Å². The molecule has 1 saturated heterocycles. The maximum absolute atomic E-state index is 12.3. The molecule has 1 aromatic heterocycles. The molecule has 1 aliphatic rings. The average Bonchev–Trinajstić information content (AvgIpc) is 3.10. The van der Waals surface area contributed by atoms with Gasteiger partial charge in [-0.05, 0) is 70.0 Å². The summed E-state index contributed by atoms with van der Waals surface area (Å²) in [5.41, 5.74) is 1.41. The number of nitrogens with one attached hydrogen (secondary N) is 1. The Hall–Kier alpha value is -2.76. The number of benzene rings is 1. The molecule has 1 atom stereocenters. The molecule has 0 radical (unpaired) electrons. The van der Waals surface area contributed by atoms with Gasteiger partial charge in [0.15, 0.2) is 12.0 Å². The lowest BCUT2D eigenvalue weighted by Crippen LogP contribution is -2.46. The number of piperidine rings is 1. The van der Waals surface area contributed by atoms with Gasteiger partial charge in [-0.25, -0.2) is 4.79 Å².